The van der Waals surface area contributed by atoms with Crippen LogP contribution in [0.5, 0.6) is 0 Å². The number of nitrogens with zero attached hydrogens (tertiary/aromatic N) is 1. The lowest BCUT2D eigenvalue weighted by atomic mass is 9.90. The van der Waals surface area contributed by atoms with Crippen LogP contribution in [0, 0.1) is 0 Å². The molecule has 4 nitrogen and oxygen atoms in total. The Kier molecular flexibility index (Phi) is 3.65. The lowest BCUT2D eigenvalue weighted by Crippen LogP contribution is -2.41. The Bertz CT molecular complexity index is 608. The van der Waals surface area contributed by atoms with E-state index in [9.17, 15) is 4.79 Å². The van der Waals surface area contributed by atoms with E-state index >= 15 is 0 Å². The minimum absolute atomic E-state index is 0.0918. The molecule has 3 rings (SSSR count). The molecule has 22 heavy (non-hydrogen) atoms. The molecule has 0 N–H and O–H groups in total. The zero-order chi connectivity index (χ0) is 16.0. The van der Waals surface area contributed by atoms with E-state index in [1.807, 2.05) is 68.9 Å². The van der Waals surface area contributed by atoms with Crippen LogP contribution >= 0.6 is 0 Å². The van der Waals surface area contributed by atoms with Crippen molar-refractivity contribution in [2.24, 2.45) is 0 Å². The second-order valence-electron chi connectivity index (χ2n) is 6.90. The maximum Gasteiger partial charge on any atom is 0.486 e. The molecule has 1 aromatic carbocycles. The number of benzene rings is 1. The topological polar surface area (TPSA) is 38.8 Å². The van der Waals surface area contributed by atoms with Gasteiger partial charge in [0.25, 0.3) is 5.91 Å². The van der Waals surface area contributed by atoms with E-state index in [0.29, 0.717) is 13.1 Å². The highest BCUT2D eigenvalue weighted by atomic mass is 16.7. The summed E-state index contributed by atoms with van der Waals surface area (Å²) in [5.41, 5.74) is 1.24. The first-order valence-electron chi connectivity index (χ1n) is 7.70. The average molecular weight is 299 g/mol. The van der Waals surface area contributed by atoms with E-state index in [4.69, 9.17) is 9.31 Å². The molecule has 0 aromatic heterocycles. The summed E-state index contributed by atoms with van der Waals surface area (Å²) in [6.07, 6.45) is 1.95. The van der Waals surface area contributed by atoms with Crippen LogP contribution in [0.3, 0.4) is 0 Å². The molecule has 1 saturated heterocycles. The van der Waals surface area contributed by atoms with Crippen LogP contribution in [-0.2, 0) is 15.9 Å². The van der Waals surface area contributed by atoms with Crippen molar-refractivity contribution in [3.8, 4) is 0 Å². The monoisotopic (exact) mass is 299 g/mol. The molecule has 0 bridgehead atoms. The van der Waals surface area contributed by atoms with Crippen molar-refractivity contribution in [2.45, 2.75) is 45.4 Å². The van der Waals surface area contributed by atoms with Gasteiger partial charge < -0.3 is 14.2 Å². The highest BCUT2D eigenvalue weighted by Gasteiger charge is 2.50. The van der Waals surface area contributed by atoms with E-state index in [2.05, 4.69) is 0 Å². The van der Waals surface area contributed by atoms with Crippen molar-refractivity contribution >= 4 is 13.0 Å². The Morgan fingerprint density at radius 2 is 1.82 bits per heavy atom. The van der Waals surface area contributed by atoms with Gasteiger partial charge in [0.05, 0.1) is 11.2 Å². The Morgan fingerprint density at radius 3 is 2.45 bits per heavy atom. The SMILES string of the molecule is CC1(C)OB(C=CCN2Cc3ccccc3C2=O)OC1(C)C. The number of hydrogen-bond donors (Lipinski definition) is 0. The van der Waals surface area contributed by atoms with E-state index in [-0.39, 0.29) is 24.2 Å². The smallest absolute Gasteiger partial charge is 0.400 e. The van der Waals surface area contributed by atoms with E-state index in [1.165, 1.54) is 0 Å². The van der Waals surface area contributed by atoms with Crippen LogP contribution in [0.2, 0.25) is 0 Å². The minimum atomic E-state index is -0.356. The standard InChI is InChI=1S/C17H22BNO3/c1-16(2)17(3,4)22-18(21-16)10-7-11-19-12-13-8-5-6-9-14(13)15(19)20/h5-10H,11-12H2,1-4H3. The van der Waals surface area contributed by atoms with Crippen LogP contribution in [0.15, 0.2) is 36.3 Å². The average Bonchev–Trinajstić information content (AvgIpc) is 2.85. The zero-order valence-corrected chi connectivity index (χ0v) is 13.6. The van der Waals surface area contributed by atoms with Crippen molar-refractivity contribution < 1.29 is 14.1 Å². The van der Waals surface area contributed by atoms with Crippen LogP contribution < -0.4 is 0 Å². The van der Waals surface area contributed by atoms with Gasteiger partial charge in [-0.05, 0) is 39.3 Å². The summed E-state index contributed by atoms with van der Waals surface area (Å²) < 4.78 is 11.8. The first kappa shape index (κ1) is 15.3. The fourth-order valence-electron chi connectivity index (χ4n) is 2.73. The second kappa shape index (κ2) is 5.25. The molecule has 1 aromatic rings. The van der Waals surface area contributed by atoms with Gasteiger partial charge in [-0.25, -0.2) is 0 Å². The molecular weight excluding hydrogens is 277 g/mol. The molecule has 0 spiro atoms. The Labute approximate surface area is 132 Å². The lowest BCUT2D eigenvalue weighted by molar-refractivity contribution is 0.00578. The predicted molar refractivity (Wildman–Crippen MR) is 86.4 cm³/mol. The maximum atomic E-state index is 12.3. The third-order valence-corrected chi connectivity index (χ3v) is 4.79. The molecule has 0 radical (unpaired) electrons. The third-order valence-electron chi connectivity index (χ3n) is 4.79. The van der Waals surface area contributed by atoms with Gasteiger partial charge in [-0.15, -0.1) is 0 Å². The van der Waals surface area contributed by atoms with Crippen molar-refractivity contribution in [1.82, 2.24) is 4.90 Å². The Hall–Kier alpha value is -1.59. The second-order valence-corrected chi connectivity index (χ2v) is 6.90. The number of fused-ring (bicyclic) bond motifs is 1. The summed E-state index contributed by atoms with van der Waals surface area (Å²) in [6, 6.07) is 7.76. The van der Waals surface area contributed by atoms with E-state index in [0.717, 1.165) is 11.1 Å². The maximum absolute atomic E-state index is 12.3. The van der Waals surface area contributed by atoms with Gasteiger partial charge in [-0.3, -0.25) is 4.79 Å². The van der Waals surface area contributed by atoms with E-state index in [1.54, 1.807) is 0 Å². The predicted octanol–water partition coefficient (Wildman–Crippen LogP) is 2.83. The van der Waals surface area contributed by atoms with Crippen LogP contribution in [0.1, 0.15) is 43.6 Å². The molecule has 0 atom stereocenters. The molecule has 116 valence electrons. The molecule has 5 heteroatoms. The first-order chi connectivity index (χ1) is 10.3. The van der Waals surface area contributed by atoms with Crippen molar-refractivity contribution in [2.75, 3.05) is 6.54 Å². The molecular formula is C17H22BNO3. The lowest BCUT2D eigenvalue weighted by Gasteiger charge is -2.32. The third kappa shape index (κ3) is 2.59. The van der Waals surface area contributed by atoms with Crippen LogP contribution in [0.4, 0.5) is 0 Å². The number of amides is 1. The summed E-state index contributed by atoms with van der Waals surface area (Å²) in [4.78, 5) is 14.1. The van der Waals surface area contributed by atoms with Crippen molar-refractivity contribution in [3.05, 3.63) is 47.4 Å². The molecule has 2 aliphatic heterocycles. The minimum Gasteiger partial charge on any atom is -0.400 e. The number of carbonyl (C=O) groups excluding carboxylic acids is 1. The number of rotatable bonds is 3. The summed E-state index contributed by atoms with van der Waals surface area (Å²) >= 11 is 0. The van der Waals surface area contributed by atoms with Gasteiger partial charge in [0.15, 0.2) is 0 Å². The molecule has 0 unspecified atom stereocenters. The highest BCUT2D eigenvalue weighted by molar-refractivity contribution is 6.51. The largest absolute Gasteiger partial charge is 0.486 e. The van der Waals surface area contributed by atoms with Gasteiger partial charge in [-0.1, -0.05) is 30.3 Å². The van der Waals surface area contributed by atoms with Crippen LogP contribution in [0.25, 0.3) is 0 Å². The first-order valence-corrected chi connectivity index (χ1v) is 7.70. The van der Waals surface area contributed by atoms with Gasteiger partial charge in [-0.2, -0.15) is 0 Å². The van der Waals surface area contributed by atoms with E-state index < -0.39 is 0 Å². The van der Waals surface area contributed by atoms with Gasteiger partial charge >= 0.3 is 7.12 Å². The summed E-state index contributed by atoms with van der Waals surface area (Å²) in [6.45, 7) is 9.35. The fourth-order valence-corrected chi connectivity index (χ4v) is 2.73. The molecule has 0 aliphatic carbocycles. The Balaban J connectivity index is 1.60. The van der Waals surface area contributed by atoms with Crippen molar-refractivity contribution in [3.63, 3.8) is 0 Å². The number of carbonyl (C=O) groups is 1. The molecule has 2 aliphatic rings. The normalized spacial score (nSPS) is 22.6. The van der Waals surface area contributed by atoms with Gasteiger partial charge in [0, 0.05) is 18.7 Å². The molecule has 0 saturated carbocycles. The van der Waals surface area contributed by atoms with Gasteiger partial charge in [0.2, 0.25) is 0 Å². The molecule has 1 amide bonds. The summed E-state index contributed by atoms with van der Waals surface area (Å²) in [5.74, 6) is 1.99. The highest BCUT2D eigenvalue weighted by Crippen LogP contribution is 2.36. The molecule has 1 fully saturated rings. The fraction of sp³-hybridized carbons (Fsp3) is 0.471. The Morgan fingerprint density at radius 1 is 1.18 bits per heavy atom. The van der Waals surface area contributed by atoms with Crippen molar-refractivity contribution in [1.29, 1.82) is 0 Å². The summed E-state index contributed by atoms with van der Waals surface area (Å²) in [7, 11) is -0.356. The summed E-state index contributed by atoms with van der Waals surface area (Å²) in [5, 5.41) is 0. The quantitative estimate of drug-likeness (QED) is 0.806. The van der Waals surface area contributed by atoms with Crippen LogP contribution in [-0.4, -0.2) is 35.7 Å². The van der Waals surface area contributed by atoms with Gasteiger partial charge in [0.1, 0.15) is 0 Å². The number of hydrogen-bond acceptors (Lipinski definition) is 3. The molecule has 2 heterocycles. The zero-order valence-electron chi connectivity index (χ0n) is 13.6.